The van der Waals surface area contributed by atoms with Gasteiger partial charge in [0, 0.05) is 18.7 Å². The van der Waals surface area contributed by atoms with Gasteiger partial charge in [-0.25, -0.2) is 8.78 Å². The van der Waals surface area contributed by atoms with Gasteiger partial charge < -0.3 is 5.32 Å². The van der Waals surface area contributed by atoms with Crippen molar-refractivity contribution in [1.29, 1.82) is 0 Å². The average Bonchev–Trinajstić information content (AvgIpc) is 2.43. The zero-order valence-electron chi connectivity index (χ0n) is 12.2. The first-order chi connectivity index (χ1) is 9.75. The second-order valence-electron chi connectivity index (χ2n) is 5.68. The minimum absolute atomic E-state index is 0.100. The van der Waals surface area contributed by atoms with Crippen LogP contribution in [0.4, 0.5) is 8.78 Å². The fourth-order valence-electron chi connectivity index (χ4n) is 2.63. The first-order valence-corrected chi connectivity index (χ1v) is 6.79. The summed E-state index contributed by atoms with van der Waals surface area (Å²) < 4.78 is 26.2. The molecular weight excluding hydrogens is 278 g/mol. The Bertz CT molecular complexity index is 587. The molecule has 0 spiro atoms. The third kappa shape index (κ3) is 2.81. The van der Waals surface area contributed by atoms with Crippen molar-refractivity contribution in [3.63, 3.8) is 0 Å². The lowest BCUT2D eigenvalue weighted by atomic mass is 9.93. The second-order valence-corrected chi connectivity index (χ2v) is 5.68. The van der Waals surface area contributed by atoms with Crippen molar-refractivity contribution >= 4 is 11.7 Å². The number of carbonyl (C=O) groups excluding carboxylic acids is 2. The highest BCUT2D eigenvalue weighted by atomic mass is 19.2. The van der Waals surface area contributed by atoms with Gasteiger partial charge in [-0.1, -0.05) is 0 Å². The van der Waals surface area contributed by atoms with Crippen LogP contribution in [0.15, 0.2) is 18.2 Å². The molecule has 1 unspecified atom stereocenters. The van der Waals surface area contributed by atoms with Crippen LogP contribution in [-0.2, 0) is 4.79 Å². The van der Waals surface area contributed by atoms with Crippen LogP contribution in [0.2, 0.25) is 0 Å². The number of ketones is 1. The van der Waals surface area contributed by atoms with Gasteiger partial charge in [-0.15, -0.1) is 0 Å². The summed E-state index contributed by atoms with van der Waals surface area (Å²) in [4.78, 5) is 26.1. The maximum atomic E-state index is 13.3. The zero-order valence-corrected chi connectivity index (χ0v) is 12.2. The van der Waals surface area contributed by atoms with Crippen LogP contribution in [0.25, 0.3) is 0 Å². The molecule has 114 valence electrons. The first kappa shape index (κ1) is 15.6. The number of Topliss-reactive ketones (excluding diaryl/α,β-unsaturated/α-hetero) is 1. The lowest BCUT2D eigenvalue weighted by Crippen LogP contribution is -2.65. The number of rotatable bonds is 3. The Labute approximate surface area is 122 Å². The summed E-state index contributed by atoms with van der Waals surface area (Å²) in [7, 11) is 0. The topological polar surface area (TPSA) is 49.4 Å². The highest BCUT2D eigenvalue weighted by Gasteiger charge is 2.42. The van der Waals surface area contributed by atoms with Gasteiger partial charge in [-0.3, -0.25) is 14.5 Å². The minimum atomic E-state index is -1.05. The van der Waals surface area contributed by atoms with Crippen molar-refractivity contribution in [2.75, 3.05) is 13.1 Å². The monoisotopic (exact) mass is 296 g/mol. The number of carbonyl (C=O) groups is 2. The van der Waals surface area contributed by atoms with Crippen molar-refractivity contribution in [2.45, 2.75) is 32.4 Å². The maximum absolute atomic E-state index is 13.3. The maximum Gasteiger partial charge on any atom is 0.240 e. The summed E-state index contributed by atoms with van der Waals surface area (Å²) in [6.45, 7) is 6.12. The average molecular weight is 296 g/mol. The molecule has 1 aromatic rings. The SMILES string of the molecule is CC(C(=O)c1ccc(F)c(F)c1)N1CCNC(=O)C1(C)C. The Morgan fingerprint density at radius 2 is 2.00 bits per heavy atom. The molecule has 1 atom stereocenters. The number of piperazine rings is 1. The van der Waals surface area contributed by atoms with Crippen LogP contribution < -0.4 is 5.32 Å². The predicted octanol–water partition coefficient (Wildman–Crippen LogP) is 1.75. The molecule has 6 heteroatoms. The molecule has 0 saturated carbocycles. The lowest BCUT2D eigenvalue weighted by Gasteiger charge is -2.44. The number of halogens is 2. The van der Waals surface area contributed by atoms with Crippen molar-refractivity contribution in [3.8, 4) is 0 Å². The Balaban J connectivity index is 2.26. The summed E-state index contributed by atoms with van der Waals surface area (Å²) in [6, 6.07) is 2.49. The Hall–Kier alpha value is -1.82. The first-order valence-electron chi connectivity index (χ1n) is 6.79. The molecule has 21 heavy (non-hydrogen) atoms. The molecule has 1 fully saturated rings. The van der Waals surface area contributed by atoms with Crippen LogP contribution >= 0.6 is 0 Å². The quantitative estimate of drug-likeness (QED) is 0.865. The van der Waals surface area contributed by atoms with E-state index in [-0.39, 0.29) is 17.3 Å². The summed E-state index contributed by atoms with van der Waals surface area (Å²) in [5.74, 6) is -2.53. The third-order valence-corrected chi connectivity index (χ3v) is 3.96. The van der Waals surface area contributed by atoms with Crippen LogP contribution in [0.3, 0.4) is 0 Å². The van der Waals surface area contributed by atoms with E-state index in [2.05, 4.69) is 5.32 Å². The molecule has 1 aliphatic heterocycles. The van der Waals surface area contributed by atoms with E-state index in [0.717, 1.165) is 12.1 Å². The molecule has 0 radical (unpaired) electrons. The predicted molar refractivity (Wildman–Crippen MR) is 73.9 cm³/mol. The van der Waals surface area contributed by atoms with Gasteiger partial charge in [0.25, 0.3) is 0 Å². The van der Waals surface area contributed by atoms with E-state index in [1.54, 1.807) is 25.7 Å². The second kappa shape index (κ2) is 5.52. The Morgan fingerprint density at radius 3 is 2.62 bits per heavy atom. The fourth-order valence-corrected chi connectivity index (χ4v) is 2.63. The highest BCUT2D eigenvalue weighted by molar-refractivity contribution is 6.00. The van der Waals surface area contributed by atoms with Crippen molar-refractivity contribution in [3.05, 3.63) is 35.4 Å². The van der Waals surface area contributed by atoms with E-state index < -0.39 is 23.2 Å². The molecule has 0 aliphatic carbocycles. The summed E-state index contributed by atoms with van der Waals surface area (Å²) in [5.41, 5.74) is -0.727. The van der Waals surface area contributed by atoms with Gasteiger partial charge in [0.2, 0.25) is 5.91 Å². The molecule has 1 amide bonds. The van der Waals surface area contributed by atoms with E-state index in [4.69, 9.17) is 0 Å². The third-order valence-electron chi connectivity index (χ3n) is 3.96. The molecule has 1 aromatic carbocycles. The zero-order chi connectivity index (χ0) is 15.8. The van der Waals surface area contributed by atoms with Gasteiger partial charge in [0.1, 0.15) is 0 Å². The van der Waals surface area contributed by atoms with Gasteiger partial charge in [0.05, 0.1) is 11.6 Å². The Kier molecular flexibility index (Phi) is 4.09. The van der Waals surface area contributed by atoms with Crippen LogP contribution in [-0.4, -0.2) is 41.3 Å². The van der Waals surface area contributed by atoms with Crippen LogP contribution in [0.5, 0.6) is 0 Å². The van der Waals surface area contributed by atoms with Gasteiger partial charge in [-0.05, 0) is 39.0 Å². The standard InChI is InChI=1S/C15H18F2N2O2/c1-9(19-7-6-18-14(21)15(19,2)3)13(20)10-4-5-11(16)12(17)8-10/h4-5,8-9H,6-7H2,1-3H3,(H,18,21). The summed E-state index contributed by atoms with van der Waals surface area (Å²) >= 11 is 0. The van der Waals surface area contributed by atoms with Crippen molar-refractivity contribution in [1.82, 2.24) is 10.2 Å². The van der Waals surface area contributed by atoms with E-state index in [1.807, 2.05) is 0 Å². The van der Waals surface area contributed by atoms with E-state index in [1.165, 1.54) is 6.07 Å². The normalized spacial score (nSPS) is 20.0. The van der Waals surface area contributed by atoms with E-state index in [9.17, 15) is 18.4 Å². The molecule has 1 saturated heterocycles. The van der Waals surface area contributed by atoms with Gasteiger partial charge >= 0.3 is 0 Å². The molecular formula is C15H18F2N2O2. The smallest absolute Gasteiger partial charge is 0.240 e. The largest absolute Gasteiger partial charge is 0.353 e. The fraction of sp³-hybridized carbons (Fsp3) is 0.467. The number of nitrogens with one attached hydrogen (secondary N) is 1. The van der Waals surface area contributed by atoms with E-state index in [0.29, 0.717) is 13.1 Å². The van der Waals surface area contributed by atoms with Crippen LogP contribution in [0, 0.1) is 11.6 Å². The minimum Gasteiger partial charge on any atom is -0.353 e. The number of nitrogens with zero attached hydrogens (tertiary/aromatic N) is 1. The molecule has 1 heterocycles. The van der Waals surface area contributed by atoms with Gasteiger partial charge in [0.15, 0.2) is 17.4 Å². The van der Waals surface area contributed by atoms with Crippen molar-refractivity contribution in [2.24, 2.45) is 0 Å². The molecule has 4 nitrogen and oxygen atoms in total. The molecule has 1 N–H and O–H groups in total. The van der Waals surface area contributed by atoms with Crippen LogP contribution in [0.1, 0.15) is 31.1 Å². The summed E-state index contributed by atoms with van der Waals surface area (Å²) in [5, 5.41) is 2.75. The molecule has 1 aliphatic rings. The molecule has 2 rings (SSSR count). The van der Waals surface area contributed by atoms with Gasteiger partial charge in [-0.2, -0.15) is 0 Å². The highest BCUT2D eigenvalue weighted by Crippen LogP contribution is 2.23. The number of benzene rings is 1. The molecule has 0 bridgehead atoms. The number of hydrogen-bond donors (Lipinski definition) is 1. The lowest BCUT2D eigenvalue weighted by molar-refractivity contribution is -0.135. The van der Waals surface area contributed by atoms with Crippen molar-refractivity contribution < 1.29 is 18.4 Å². The summed E-state index contributed by atoms with van der Waals surface area (Å²) in [6.07, 6.45) is 0. The van der Waals surface area contributed by atoms with E-state index >= 15 is 0 Å². The number of amides is 1. The Morgan fingerprint density at radius 1 is 1.33 bits per heavy atom. The number of hydrogen-bond acceptors (Lipinski definition) is 3. The molecule has 0 aromatic heterocycles.